The van der Waals surface area contributed by atoms with Gasteiger partial charge in [-0.3, -0.25) is 9.59 Å². The Kier molecular flexibility index (Phi) is 6.43. The summed E-state index contributed by atoms with van der Waals surface area (Å²) < 4.78 is 5.98. The summed E-state index contributed by atoms with van der Waals surface area (Å²) in [6.45, 7) is -0.311. The van der Waals surface area contributed by atoms with E-state index in [1.165, 1.54) is 6.08 Å². The zero-order valence-corrected chi connectivity index (χ0v) is 15.4. The lowest BCUT2D eigenvalue weighted by atomic mass is 10.1. The van der Waals surface area contributed by atoms with Gasteiger partial charge in [-0.2, -0.15) is 0 Å². The molecular formula is C17H12BrCl2NO3. The van der Waals surface area contributed by atoms with Crippen molar-refractivity contribution in [2.75, 3.05) is 6.61 Å². The molecule has 2 aromatic carbocycles. The van der Waals surface area contributed by atoms with Crippen molar-refractivity contribution in [1.29, 1.82) is 0 Å². The number of carbonyl (C=O) groups is 2. The molecule has 0 saturated heterocycles. The smallest absolute Gasteiger partial charge is 0.255 e. The Hall–Kier alpha value is -1.82. The summed E-state index contributed by atoms with van der Waals surface area (Å²) in [5.74, 6) is -0.657. The van der Waals surface area contributed by atoms with E-state index in [1.54, 1.807) is 42.5 Å². The number of hydrogen-bond donors (Lipinski definition) is 1. The predicted molar refractivity (Wildman–Crippen MR) is 98.7 cm³/mol. The van der Waals surface area contributed by atoms with Crippen molar-refractivity contribution in [2.45, 2.75) is 0 Å². The van der Waals surface area contributed by atoms with Crippen molar-refractivity contribution >= 4 is 56.9 Å². The largest absolute Gasteiger partial charge is 0.483 e. The molecular weight excluding hydrogens is 417 g/mol. The lowest BCUT2D eigenvalue weighted by molar-refractivity contribution is -0.119. The first-order valence-corrected chi connectivity index (χ1v) is 8.30. The maximum absolute atomic E-state index is 12.4. The lowest BCUT2D eigenvalue weighted by Crippen LogP contribution is -2.20. The topological polar surface area (TPSA) is 69.4 Å². The molecule has 0 unspecified atom stereocenters. The molecule has 0 aliphatic heterocycles. The Morgan fingerprint density at radius 1 is 1.17 bits per heavy atom. The van der Waals surface area contributed by atoms with Gasteiger partial charge >= 0.3 is 0 Å². The number of carbonyl (C=O) groups excluding carboxylic acids is 2. The van der Waals surface area contributed by atoms with Gasteiger partial charge in [0, 0.05) is 14.5 Å². The first-order chi connectivity index (χ1) is 11.4. The normalized spacial score (nSPS) is 10.8. The Bertz CT molecular complexity index is 821. The molecule has 0 heterocycles. The van der Waals surface area contributed by atoms with Gasteiger partial charge in [0.1, 0.15) is 5.75 Å². The monoisotopic (exact) mass is 427 g/mol. The van der Waals surface area contributed by atoms with Gasteiger partial charge in [-0.05, 0) is 48.0 Å². The summed E-state index contributed by atoms with van der Waals surface area (Å²) in [6, 6.07) is 9.87. The zero-order valence-electron chi connectivity index (χ0n) is 12.3. The maximum atomic E-state index is 12.4. The average molecular weight is 429 g/mol. The molecule has 0 aromatic heterocycles. The summed E-state index contributed by atoms with van der Waals surface area (Å²) >= 11 is 15.2. The average Bonchev–Trinajstić information content (AvgIpc) is 2.52. The SMILES string of the molecule is NC(=O)COc1ccc(Br)cc1C(=O)/C=C/c1ccc(Cl)cc1Cl. The lowest BCUT2D eigenvalue weighted by Gasteiger charge is -2.08. The highest BCUT2D eigenvalue weighted by molar-refractivity contribution is 9.10. The third-order valence-electron chi connectivity index (χ3n) is 2.95. The van der Waals surface area contributed by atoms with Gasteiger partial charge in [0.2, 0.25) is 0 Å². The van der Waals surface area contributed by atoms with Crippen LogP contribution < -0.4 is 10.5 Å². The minimum atomic E-state index is -0.625. The van der Waals surface area contributed by atoms with E-state index in [1.807, 2.05) is 0 Å². The second-order valence-corrected chi connectivity index (χ2v) is 6.52. The van der Waals surface area contributed by atoms with Crippen LogP contribution in [0.15, 0.2) is 46.9 Å². The van der Waals surface area contributed by atoms with Crippen LogP contribution in [0.3, 0.4) is 0 Å². The Morgan fingerprint density at radius 2 is 1.92 bits per heavy atom. The molecule has 0 aliphatic carbocycles. The summed E-state index contributed by atoms with van der Waals surface area (Å²) in [5, 5.41) is 0.948. The fourth-order valence-electron chi connectivity index (χ4n) is 1.86. The van der Waals surface area contributed by atoms with Gasteiger partial charge in [0.25, 0.3) is 5.91 Å². The molecule has 2 aromatic rings. The number of halogens is 3. The Labute approximate surface area is 157 Å². The molecule has 0 saturated carbocycles. The van der Waals surface area contributed by atoms with Crippen LogP contribution in [-0.2, 0) is 4.79 Å². The highest BCUT2D eigenvalue weighted by Gasteiger charge is 2.12. The van der Waals surface area contributed by atoms with E-state index in [2.05, 4.69) is 15.9 Å². The van der Waals surface area contributed by atoms with E-state index >= 15 is 0 Å². The fraction of sp³-hybridized carbons (Fsp3) is 0.0588. The molecule has 1 amide bonds. The number of ether oxygens (including phenoxy) is 1. The first-order valence-electron chi connectivity index (χ1n) is 6.75. The van der Waals surface area contributed by atoms with Crippen LogP contribution >= 0.6 is 39.1 Å². The molecule has 0 fully saturated rings. The number of ketones is 1. The number of rotatable bonds is 6. The quantitative estimate of drug-likeness (QED) is 0.543. The van der Waals surface area contributed by atoms with Gasteiger partial charge in [-0.1, -0.05) is 45.2 Å². The van der Waals surface area contributed by atoms with Crippen molar-refractivity contribution in [3.05, 3.63) is 68.1 Å². The van der Waals surface area contributed by atoms with Crippen LogP contribution in [0.25, 0.3) is 6.08 Å². The van der Waals surface area contributed by atoms with E-state index < -0.39 is 5.91 Å². The summed E-state index contributed by atoms with van der Waals surface area (Å²) in [4.78, 5) is 23.3. The highest BCUT2D eigenvalue weighted by Crippen LogP contribution is 2.26. The van der Waals surface area contributed by atoms with Crippen molar-refractivity contribution in [2.24, 2.45) is 5.73 Å². The molecule has 7 heteroatoms. The van der Waals surface area contributed by atoms with Gasteiger partial charge in [0.15, 0.2) is 12.4 Å². The van der Waals surface area contributed by atoms with E-state index in [9.17, 15) is 9.59 Å². The number of benzene rings is 2. The van der Waals surface area contributed by atoms with E-state index in [-0.39, 0.29) is 18.1 Å². The summed E-state index contributed by atoms with van der Waals surface area (Å²) in [7, 11) is 0. The zero-order chi connectivity index (χ0) is 17.7. The molecule has 0 radical (unpaired) electrons. The van der Waals surface area contributed by atoms with Crippen molar-refractivity contribution in [1.82, 2.24) is 0 Å². The van der Waals surface area contributed by atoms with E-state index in [0.717, 1.165) is 0 Å². The van der Waals surface area contributed by atoms with Gasteiger partial charge < -0.3 is 10.5 Å². The number of allylic oxidation sites excluding steroid dienone is 1. The van der Waals surface area contributed by atoms with E-state index in [4.69, 9.17) is 33.7 Å². The Balaban J connectivity index is 2.26. The van der Waals surface area contributed by atoms with Crippen molar-refractivity contribution in [3.63, 3.8) is 0 Å². The second kappa shape index (κ2) is 8.33. The molecule has 0 atom stereocenters. The molecule has 0 spiro atoms. The van der Waals surface area contributed by atoms with Gasteiger partial charge in [0.05, 0.1) is 5.56 Å². The summed E-state index contributed by atoms with van der Waals surface area (Å²) in [6.07, 6.45) is 2.95. The van der Waals surface area contributed by atoms with Gasteiger partial charge in [-0.25, -0.2) is 0 Å². The third-order valence-corrected chi connectivity index (χ3v) is 4.01. The number of primary amides is 1. The first kappa shape index (κ1) is 18.5. The van der Waals surface area contributed by atoms with Crippen molar-refractivity contribution < 1.29 is 14.3 Å². The number of nitrogens with two attached hydrogens (primary N) is 1. The van der Waals surface area contributed by atoms with E-state index in [0.29, 0.717) is 25.6 Å². The molecule has 2 rings (SSSR count). The van der Waals surface area contributed by atoms with Crippen LogP contribution in [0.2, 0.25) is 10.0 Å². The minimum absolute atomic E-state index is 0.272. The van der Waals surface area contributed by atoms with Crippen molar-refractivity contribution in [3.8, 4) is 5.75 Å². The standard InChI is InChI=1S/C17H12BrCl2NO3/c18-11-3-6-16(24-9-17(21)23)13(7-11)15(22)5-2-10-1-4-12(19)8-14(10)20/h1-8H,9H2,(H2,21,23)/b5-2+. The number of amides is 1. The molecule has 4 nitrogen and oxygen atoms in total. The molecule has 24 heavy (non-hydrogen) atoms. The van der Waals surface area contributed by atoms with Crippen LogP contribution in [-0.4, -0.2) is 18.3 Å². The second-order valence-electron chi connectivity index (χ2n) is 4.76. The van der Waals surface area contributed by atoms with Crippen LogP contribution in [0, 0.1) is 0 Å². The minimum Gasteiger partial charge on any atom is -0.483 e. The molecule has 2 N–H and O–H groups in total. The number of hydrogen-bond acceptors (Lipinski definition) is 3. The van der Waals surface area contributed by atoms with Crippen LogP contribution in [0.5, 0.6) is 5.75 Å². The highest BCUT2D eigenvalue weighted by atomic mass is 79.9. The Morgan fingerprint density at radius 3 is 2.58 bits per heavy atom. The van der Waals surface area contributed by atoms with Crippen LogP contribution in [0.4, 0.5) is 0 Å². The van der Waals surface area contributed by atoms with Gasteiger partial charge in [-0.15, -0.1) is 0 Å². The fourth-order valence-corrected chi connectivity index (χ4v) is 2.69. The predicted octanol–water partition coefficient (Wildman–Crippen LogP) is 4.52. The maximum Gasteiger partial charge on any atom is 0.255 e. The van der Waals surface area contributed by atoms with Crippen LogP contribution in [0.1, 0.15) is 15.9 Å². The molecule has 0 bridgehead atoms. The molecule has 0 aliphatic rings. The summed E-state index contributed by atoms with van der Waals surface area (Å²) in [5.41, 5.74) is 6.02. The third kappa shape index (κ3) is 5.09. The molecule has 124 valence electrons.